The number of esters is 1. The van der Waals surface area contributed by atoms with Crippen LogP contribution >= 0.6 is 0 Å². The Morgan fingerprint density at radius 3 is 2.44 bits per heavy atom. The van der Waals surface area contributed by atoms with Crippen molar-refractivity contribution in [3.8, 4) is 0 Å². The summed E-state index contributed by atoms with van der Waals surface area (Å²) in [5, 5.41) is 0. The van der Waals surface area contributed by atoms with E-state index in [4.69, 9.17) is 4.74 Å². The van der Waals surface area contributed by atoms with Crippen molar-refractivity contribution in [1.82, 2.24) is 0 Å². The van der Waals surface area contributed by atoms with Crippen LogP contribution in [0.4, 0.5) is 0 Å². The lowest BCUT2D eigenvalue weighted by Gasteiger charge is -2.12. The highest BCUT2D eigenvalue weighted by Crippen LogP contribution is 2.15. The zero-order valence-electron chi connectivity index (χ0n) is 15.5. The summed E-state index contributed by atoms with van der Waals surface area (Å²) >= 11 is 0. The van der Waals surface area contributed by atoms with Crippen LogP contribution in [0.1, 0.15) is 43.4 Å². The average molecular weight is 336 g/mol. The van der Waals surface area contributed by atoms with E-state index >= 15 is 0 Å². The van der Waals surface area contributed by atoms with Crippen LogP contribution in [-0.4, -0.2) is 12.6 Å². The molecule has 0 bridgehead atoms. The van der Waals surface area contributed by atoms with E-state index in [9.17, 15) is 4.79 Å². The number of hydrogen-bond donors (Lipinski definition) is 0. The first-order valence-electron chi connectivity index (χ1n) is 9.01. The fourth-order valence-corrected chi connectivity index (χ4v) is 2.71. The minimum Gasteiger partial charge on any atom is -0.462 e. The molecule has 2 rings (SSSR count). The first kappa shape index (κ1) is 19.0. The van der Waals surface area contributed by atoms with Crippen LogP contribution in [-0.2, 0) is 16.0 Å². The fourth-order valence-electron chi connectivity index (χ4n) is 2.71. The molecule has 2 aromatic rings. The van der Waals surface area contributed by atoms with Gasteiger partial charge in [0.15, 0.2) is 0 Å². The zero-order chi connectivity index (χ0) is 18.1. The molecule has 0 aliphatic heterocycles. The van der Waals surface area contributed by atoms with E-state index in [1.54, 1.807) is 0 Å². The molecule has 0 amide bonds. The second kappa shape index (κ2) is 9.83. The molecule has 0 saturated carbocycles. The van der Waals surface area contributed by atoms with Crippen LogP contribution in [0.25, 0.3) is 6.08 Å². The Bertz CT molecular complexity index is 701. The van der Waals surface area contributed by atoms with Crippen LogP contribution < -0.4 is 0 Å². The number of rotatable bonds is 8. The van der Waals surface area contributed by atoms with Crippen molar-refractivity contribution in [2.75, 3.05) is 6.61 Å². The van der Waals surface area contributed by atoms with Gasteiger partial charge in [0.05, 0.1) is 6.61 Å². The van der Waals surface area contributed by atoms with Gasteiger partial charge in [-0.25, -0.2) is 4.79 Å². The van der Waals surface area contributed by atoms with Gasteiger partial charge in [-0.2, -0.15) is 0 Å². The highest BCUT2D eigenvalue weighted by atomic mass is 16.5. The van der Waals surface area contributed by atoms with Gasteiger partial charge in [0.25, 0.3) is 0 Å². The molecule has 0 aliphatic carbocycles. The zero-order valence-corrected chi connectivity index (χ0v) is 15.5. The molecule has 0 radical (unpaired) electrons. The molecule has 0 aliphatic rings. The molecule has 1 atom stereocenters. The van der Waals surface area contributed by atoms with Crippen molar-refractivity contribution >= 4 is 12.0 Å². The van der Waals surface area contributed by atoms with Gasteiger partial charge in [-0.15, -0.1) is 0 Å². The Labute approximate surface area is 151 Å². The standard InChI is InChI=1S/C23H28O2/c1-18(13-14-21-10-5-4-6-11-21)15-16-25-23(24)20(3)17-22-12-8-7-9-19(22)2/h4-12,17-18H,13-16H2,1-3H3/b20-17+. The summed E-state index contributed by atoms with van der Waals surface area (Å²) in [6.45, 7) is 6.55. The van der Waals surface area contributed by atoms with Gasteiger partial charge < -0.3 is 4.74 Å². The monoisotopic (exact) mass is 336 g/mol. The molecule has 25 heavy (non-hydrogen) atoms. The van der Waals surface area contributed by atoms with Gasteiger partial charge in [0.2, 0.25) is 0 Å². The predicted octanol–water partition coefficient (Wildman–Crippen LogP) is 5.60. The number of carbonyl (C=O) groups excluding carboxylic acids is 1. The second-order valence-electron chi connectivity index (χ2n) is 6.74. The minimum absolute atomic E-state index is 0.224. The lowest BCUT2D eigenvalue weighted by atomic mass is 9.99. The Morgan fingerprint density at radius 1 is 1.04 bits per heavy atom. The highest BCUT2D eigenvalue weighted by molar-refractivity contribution is 5.93. The molecule has 1 unspecified atom stereocenters. The predicted molar refractivity (Wildman–Crippen MR) is 104 cm³/mol. The normalized spacial score (nSPS) is 12.7. The topological polar surface area (TPSA) is 26.3 Å². The van der Waals surface area contributed by atoms with E-state index < -0.39 is 0 Å². The highest BCUT2D eigenvalue weighted by Gasteiger charge is 2.09. The fraction of sp³-hybridized carbons (Fsp3) is 0.348. The molecule has 0 aromatic heterocycles. The Balaban J connectivity index is 1.73. The van der Waals surface area contributed by atoms with Crippen molar-refractivity contribution in [3.05, 3.63) is 76.9 Å². The number of carbonyl (C=O) groups is 1. The molecule has 0 N–H and O–H groups in total. The third-order valence-corrected chi connectivity index (χ3v) is 4.49. The minimum atomic E-state index is -0.224. The molecule has 0 fully saturated rings. The van der Waals surface area contributed by atoms with E-state index in [0.717, 1.165) is 30.4 Å². The maximum atomic E-state index is 12.1. The SMILES string of the molecule is C/C(=C\c1ccccc1C)C(=O)OCCC(C)CCc1ccccc1. The quantitative estimate of drug-likeness (QED) is 0.463. The largest absolute Gasteiger partial charge is 0.462 e. The van der Waals surface area contributed by atoms with Crippen molar-refractivity contribution in [2.45, 2.75) is 40.0 Å². The third-order valence-electron chi connectivity index (χ3n) is 4.49. The Kier molecular flexibility index (Phi) is 7.46. The van der Waals surface area contributed by atoms with E-state index in [1.165, 1.54) is 5.56 Å². The lowest BCUT2D eigenvalue weighted by molar-refractivity contribution is -0.139. The summed E-state index contributed by atoms with van der Waals surface area (Å²) in [5.74, 6) is 0.312. The van der Waals surface area contributed by atoms with Crippen molar-refractivity contribution in [1.29, 1.82) is 0 Å². The maximum Gasteiger partial charge on any atom is 0.333 e. The average Bonchev–Trinajstić information content (AvgIpc) is 2.62. The first-order valence-corrected chi connectivity index (χ1v) is 9.01. The molecule has 2 nitrogen and oxygen atoms in total. The van der Waals surface area contributed by atoms with Crippen molar-refractivity contribution in [2.24, 2.45) is 5.92 Å². The number of ether oxygens (including phenoxy) is 1. The molecule has 2 heteroatoms. The van der Waals surface area contributed by atoms with Crippen LogP contribution in [0.5, 0.6) is 0 Å². The van der Waals surface area contributed by atoms with E-state index in [1.807, 2.05) is 50.3 Å². The van der Waals surface area contributed by atoms with Gasteiger partial charge in [-0.3, -0.25) is 0 Å². The molecule has 2 aromatic carbocycles. The van der Waals surface area contributed by atoms with Gasteiger partial charge in [-0.05, 0) is 61.8 Å². The van der Waals surface area contributed by atoms with E-state index in [0.29, 0.717) is 18.1 Å². The van der Waals surface area contributed by atoms with E-state index in [2.05, 4.69) is 31.2 Å². The second-order valence-corrected chi connectivity index (χ2v) is 6.74. The van der Waals surface area contributed by atoms with Crippen LogP contribution in [0.15, 0.2) is 60.2 Å². The first-order chi connectivity index (χ1) is 12.1. The summed E-state index contributed by atoms with van der Waals surface area (Å²) in [7, 11) is 0. The molecule has 0 spiro atoms. The van der Waals surface area contributed by atoms with Gasteiger partial charge >= 0.3 is 5.97 Å². The molecule has 0 heterocycles. The van der Waals surface area contributed by atoms with Gasteiger partial charge in [0, 0.05) is 5.57 Å². The number of hydrogen-bond acceptors (Lipinski definition) is 2. The summed E-state index contributed by atoms with van der Waals surface area (Å²) < 4.78 is 5.43. The summed E-state index contributed by atoms with van der Waals surface area (Å²) in [6, 6.07) is 18.5. The molecule has 132 valence electrons. The van der Waals surface area contributed by atoms with Crippen molar-refractivity contribution < 1.29 is 9.53 Å². The number of benzene rings is 2. The maximum absolute atomic E-state index is 12.1. The van der Waals surface area contributed by atoms with Crippen molar-refractivity contribution in [3.63, 3.8) is 0 Å². The smallest absolute Gasteiger partial charge is 0.333 e. The summed E-state index contributed by atoms with van der Waals surface area (Å²) in [4.78, 5) is 12.1. The van der Waals surface area contributed by atoms with Crippen LogP contribution in [0.2, 0.25) is 0 Å². The van der Waals surface area contributed by atoms with Gasteiger partial charge in [-0.1, -0.05) is 61.5 Å². The summed E-state index contributed by atoms with van der Waals surface area (Å²) in [5.41, 5.74) is 4.23. The molecular weight excluding hydrogens is 308 g/mol. The molecule has 0 saturated heterocycles. The van der Waals surface area contributed by atoms with Crippen LogP contribution in [0.3, 0.4) is 0 Å². The molecular formula is C23H28O2. The summed E-state index contributed by atoms with van der Waals surface area (Å²) in [6.07, 6.45) is 4.98. The van der Waals surface area contributed by atoms with E-state index in [-0.39, 0.29) is 5.97 Å². The van der Waals surface area contributed by atoms with Crippen LogP contribution in [0, 0.1) is 12.8 Å². The third kappa shape index (κ3) is 6.58. The number of aryl methyl sites for hydroxylation is 2. The Hall–Kier alpha value is -2.35. The van der Waals surface area contributed by atoms with Gasteiger partial charge in [0.1, 0.15) is 0 Å². The lowest BCUT2D eigenvalue weighted by Crippen LogP contribution is -2.10. The Morgan fingerprint density at radius 2 is 1.72 bits per heavy atom.